The van der Waals surface area contributed by atoms with Gasteiger partial charge in [0.1, 0.15) is 5.82 Å². The van der Waals surface area contributed by atoms with E-state index < -0.39 is 17.5 Å². The molecule has 2 fully saturated rings. The second-order valence-electron chi connectivity index (χ2n) is 5.49. The van der Waals surface area contributed by atoms with Gasteiger partial charge in [-0.05, 0) is 37.9 Å². The van der Waals surface area contributed by atoms with Crippen molar-refractivity contribution in [1.29, 1.82) is 0 Å². The molecule has 0 aromatic heterocycles. The van der Waals surface area contributed by atoms with Crippen LogP contribution in [0.15, 0.2) is 12.1 Å². The zero-order valence-electron chi connectivity index (χ0n) is 10.6. The molecular weight excluding hydrogens is 253 g/mol. The third kappa shape index (κ3) is 2.62. The zero-order chi connectivity index (χ0) is 13.4. The van der Waals surface area contributed by atoms with Gasteiger partial charge in [-0.25, -0.2) is 13.2 Å². The molecule has 5 heteroatoms. The Bertz CT molecular complexity index is 478. The second-order valence-corrected chi connectivity index (χ2v) is 5.49. The van der Waals surface area contributed by atoms with E-state index >= 15 is 0 Å². The molecule has 104 valence electrons. The fourth-order valence-corrected chi connectivity index (χ4v) is 3.19. The largest absolute Gasteiger partial charge is 0.314 e. The van der Waals surface area contributed by atoms with Crippen LogP contribution in [-0.4, -0.2) is 30.6 Å². The lowest BCUT2D eigenvalue weighted by molar-refractivity contribution is 0.154. The molecule has 2 nitrogen and oxygen atoms in total. The van der Waals surface area contributed by atoms with Gasteiger partial charge in [-0.2, -0.15) is 0 Å². The molecule has 1 aromatic carbocycles. The average Bonchev–Trinajstić information content (AvgIpc) is 2.83. The highest BCUT2D eigenvalue weighted by Gasteiger charge is 2.32. The summed E-state index contributed by atoms with van der Waals surface area (Å²) in [6.07, 6.45) is 2.18. The van der Waals surface area contributed by atoms with Crippen molar-refractivity contribution in [2.24, 2.45) is 5.92 Å². The second kappa shape index (κ2) is 5.13. The van der Waals surface area contributed by atoms with Crippen LogP contribution in [0.25, 0.3) is 0 Å². The highest BCUT2D eigenvalue weighted by Crippen LogP contribution is 2.26. The number of rotatable bonds is 2. The first kappa shape index (κ1) is 12.9. The van der Waals surface area contributed by atoms with E-state index in [2.05, 4.69) is 10.2 Å². The molecule has 0 radical (unpaired) electrons. The Morgan fingerprint density at radius 2 is 1.89 bits per heavy atom. The van der Waals surface area contributed by atoms with Gasteiger partial charge in [-0.15, -0.1) is 0 Å². The Morgan fingerprint density at radius 1 is 1.11 bits per heavy atom. The minimum absolute atomic E-state index is 0.239. The number of nitrogens with one attached hydrogen (secondary N) is 1. The number of likely N-dealkylation sites (tertiary alicyclic amines) is 1. The summed E-state index contributed by atoms with van der Waals surface area (Å²) in [7, 11) is 0. The monoisotopic (exact) mass is 270 g/mol. The summed E-state index contributed by atoms with van der Waals surface area (Å²) in [6, 6.07) is 2.18. The maximum Gasteiger partial charge on any atom is 0.161 e. The van der Waals surface area contributed by atoms with Crippen LogP contribution in [-0.2, 0) is 6.54 Å². The summed E-state index contributed by atoms with van der Waals surface area (Å²) in [5.74, 6) is -2.17. The first-order valence-electron chi connectivity index (χ1n) is 6.72. The molecule has 2 unspecified atom stereocenters. The highest BCUT2D eigenvalue weighted by molar-refractivity contribution is 5.20. The lowest BCUT2D eigenvalue weighted by Gasteiger charge is -2.34. The van der Waals surface area contributed by atoms with Crippen molar-refractivity contribution in [2.75, 3.05) is 19.6 Å². The van der Waals surface area contributed by atoms with Crippen LogP contribution in [0.3, 0.4) is 0 Å². The number of piperidine rings is 1. The number of nitrogens with zero attached hydrogens (tertiary/aromatic N) is 1. The van der Waals surface area contributed by atoms with Crippen molar-refractivity contribution < 1.29 is 13.2 Å². The zero-order valence-corrected chi connectivity index (χ0v) is 10.6. The minimum Gasteiger partial charge on any atom is -0.314 e. The number of benzene rings is 1. The van der Waals surface area contributed by atoms with Crippen molar-refractivity contribution in [2.45, 2.75) is 25.4 Å². The van der Waals surface area contributed by atoms with Gasteiger partial charge < -0.3 is 5.32 Å². The van der Waals surface area contributed by atoms with Gasteiger partial charge in [0.05, 0.1) is 0 Å². The first-order chi connectivity index (χ1) is 9.13. The summed E-state index contributed by atoms with van der Waals surface area (Å²) in [5.41, 5.74) is 0.239. The molecule has 0 aliphatic carbocycles. The van der Waals surface area contributed by atoms with Crippen LogP contribution in [0, 0.1) is 23.4 Å². The normalized spacial score (nSPS) is 27.5. The predicted molar refractivity (Wildman–Crippen MR) is 66.1 cm³/mol. The SMILES string of the molecule is Fc1cc(F)c(CN2CCC3NCCC3C2)cc1F. The summed E-state index contributed by atoms with van der Waals surface area (Å²) in [6.45, 7) is 3.16. The van der Waals surface area contributed by atoms with E-state index in [9.17, 15) is 13.2 Å². The van der Waals surface area contributed by atoms with E-state index in [0.717, 1.165) is 38.5 Å². The lowest BCUT2D eigenvalue weighted by atomic mass is 9.93. The lowest BCUT2D eigenvalue weighted by Crippen LogP contribution is -2.44. The molecule has 2 saturated heterocycles. The Labute approximate surface area is 110 Å². The fourth-order valence-electron chi connectivity index (χ4n) is 3.19. The van der Waals surface area contributed by atoms with Crippen LogP contribution in [0.4, 0.5) is 13.2 Å². The van der Waals surface area contributed by atoms with Crippen LogP contribution < -0.4 is 5.32 Å². The Morgan fingerprint density at radius 3 is 2.74 bits per heavy atom. The van der Waals surface area contributed by atoms with Crippen molar-refractivity contribution in [3.63, 3.8) is 0 Å². The molecule has 2 aliphatic heterocycles. The van der Waals surface area contributed by atoms with Crippen molar-refractivity contribution >= 4 is 0 Å². The molecule has 0 saturated carbocycles. The molecule has 1 aromatic rings. The molecule has 0 spiro atoms. The van der Waals surface area contributed by atoms with E-state index in [1.54, 1.807) is 0 Å². The van der Waals surface area contributed by atoms with Gasteiger partial charge in [0.15, 0.2) is 11.6 Å². The summed E-state index contributed by atoms with van der Waals surface area (Å²) < 4.78 is 39.6. The first-order valence-corrected chi connectivity index (χ1v) is 6.72. The number of hydrogen-bond donors (Lipinski definition) is 1. The van der Waals surface area contributed by atoms with Crippen LogP contribution in [0.1, 0.15) is 18.4 Å². The molecule has 3 rings (SSSR count). The van der Waals surface area contributed by atoms with Gasteiger partial charge >= 0.3 is 0 Å². The maximum absolute atomic E-state index is 13.6. The molecule has 2 atom stereocenters. The van der Waals surface area contributed by atoms with Gasteiger partial charge in [0.25, 0.3) is 0 Å². The topological polar surface area (TPSA) is 15.3 Å². The third-order valence-corrected chi connectivity index (χ3v) is 4.22. The van der Waals surface area contributed by atoms with Crippen LogP contribution >= 0.6 is 0 Å². The molecular formula is C14H17F3N2. The molecule has 2 heterocycles. The van der Waals surface area contributed by atoms with Crippen molar-refractivity contribution in [1.82, 2.24) is 10.2 Å². The van der Waals surface area contributed by atoms with E-state index in [-0.39, 0.29) is 5.56 Å². The number of fused-ring (bicyclic) bond motifs is 1. The quantitative estimate of drug-likeness (QED) is 0.829. The van der Waals surface area contributed by atoms with Gasteiger partial charge in [-0.3, -0.25) is 4.90 Å². The van der Waals surface area contributed by atoms with Crippen LogP contribution in [0.2, 0.25) is 0 Å². The molecule has 0 bridgehead atoms. The van der Waals surface area contributed by atoms with E-state index in [1.807, 2.05) is 0 Å². The number of hydrogen-bond acceptors (Lipinski definition) is 2. The standard InChI is InChI=1S/C14H17F3N2/c15-11-6-13(17)12(16)5-10(11)8-19-4-2-14-9(7-19)1-3-18-14/h5-6,9,14,18H,1-4,7-8H2. The van der Waals surface area contributed by atoms with Crippen LogP contribution in [0.5, 0.6) is 0 Å². The fraction of sp³-hybridized carbons (Fsp3) is 0.571. The Balaban J connectivity index is 1.70. The van der Waals surface area contributed by atoms with E-state index in [1.165, 1.54) is 0 Å². The Kier molecular flexibility index (Phi) is 3.50. The third-order valence-electron chi connectivity index (χ3n) is 4.22. The van der Waals surface area contributed by atoms with Gasteiger partial charge in [0, 0.05) is 30.8 Å². The molecule has 19 heavy (non-hydrogen) atoms. The van der Waals surface area contributed by atoms with Gasteiger partial charge in [0.2, 0.25) is 0 Å². The van der Waals surface area contributed by atoms with Crippen molar-refractivity contribution in [3.05, 3.63) is 35.1 Å². The van der Waals surface area contributed by atoms with Gasteiger partial charge in [-0.1, -0.05) is 0 Å². The summed E-state index contributed by atoms with van der Waals surface area (Å²) >= 11 is 0. The van der Waals surface area contributed by atoms with E-state index in [0.29, 0.717) is 24.6 Å². The molecule has 0 amide bonds. The summed E-state index contributed by atoms with van der Waals surface area (Å²) in [4.78, 5) is 2.13. The predicted octanol–water partition coefficient (Wildman–Crippen LogP) is 2.29. The molecule has 1 N–H and O–H groups in total. The summed E-state index contributed by atoms with van der Waals surface area (Å²) in [5, 5.41) is 3.46. The highest BCUT2D eigenvalue weighted by atomic mass is 19.2. The van der Waals surface area contributed by atoms with E-state index in [4.69, 9.17) is 0 Å². The maximum atomic E-state index is 13.6. The molecule has 2 aliphatic rings. The van der Waals surface area contributed by atoms with Crippen molar-refractivity contribution in [3.8, 4) is 0 Å². The smallest absolute Gasteiger partial charge is 0.161 e. The Hall–Kier alpha value is -1.07. The number of halogens is 3. The minimum atomic E-state index is -1.13. The average molecular weight is 270 g/mol.